The Bertz CT molecular complexity index is 763. The van der Waals surface area contributed by atoms with Crippen molar-refractivity contribution in [2.45, 2.75) is 0 Å². The lowest BCUT2D eigenvalue weighted by Gasteiger charge is -1.98. The van der Waals surface area contributed by atoms with E-state index in [1.807, 2.05) is 30.3 Å². The molecular formula is C15H12ClN5. The van der Waals surface area contributed by atoms with Crippen LogP contribution in [0.2, 0.25) is 5.02 Å². The summed E-state index contributed by atoms with van der Waals surface area (Å²) in [4.78, 5) is 0. The monoisotopic (exact) mass is 297 g/mol. The van der Waals surface area contributed by atoms with Crippen molar-refractivity contribution in [2.24, 2.45) is 10.2 Å². The van der Waals surface area contributed by atoms with Crippen LogP contribution in [0.4, 0.5) is 17.2 Å². The Morgan fingerprint density at radius 3 is 2.38 bits per heavy atom. The first kappa shape index (κ1) is 13.3. The molecule has 0 unspecified atom stereocenters. The van der Waals surface area contributed by atoms with Crippen LogP contribution in [0.3, 0.4) is 0 Å². The molecule has 6 heteroatoms. The number of aromatic nitrogens is 2. The van der Waals surface area contributed by atoms with Crippen LogP contribution >= 0.6 is 11.6 Å². The van der Waals surface area contributed by atoms with Gasteiger partial charge in [-0.1, -0.05) is 41.9 Å². The van der Waals surface area contributed by atoms with Gasteiger partial charge in [-0.3, -0.25) is 5.10 Å². The van der Waals surface area contributed by atoms with Crippen molar-refractivity contribution in [1.82, 2.24) is 10.2 Å². The minimum Gasteiger partial charge on any atom is -0.380 e. The van der Waals surface area contributed by atoms with Gasteiger partial charge in [0.05, 0.1) is 11.4 Å². The van der Waals surface area contributed by atoms with Crippen molar-refractivity contribution in [1.29, 1.82) is 0 Å². The van der Waals surface area contributed by atoms with Crippen LogP contribution in [0.1, 0.15) is 0 Å². The summed E-state index contributed by atoms with van der Waals surface area (Å²) in [5.74, 6) is 0.312. The number of hydrogen-bond acceptors (Lipinski definition) is 4. The molecule has 0 fully saturated rings. The molecule has 3 aromatic rings. The van der Waals surface area contributed by atoms with E-state index in [1.54, 1.807) is 24.3 Å². The molecule has 21 heavy (non-hydrogen) atoms. The van der Waals surface area contributed by atoms with Gasteiger partial charge in [0.1, 0.15) is 0 Å². The van der Waals surface area contributed by atoms with Gasteiger partial charge in [-0.2, -0.15) is 10.2 Å². The van der Waals surface area contributed by atoms with E-state index < -0.39 is 0 Å². The Morgan fingerprint density at radius 1 is 0.952 bits per heavy atom. The van der Waals surface area contributed by atoms with Crippen molar-refractivity contribution in [3.05, 3.63) is 59.6 Å². The fraction of sp³-hybridized carbons (Fsp3) is 0. The maximum absolute atomic E-state index is 5.85. The van der Waals surface area contributed by atoms with Crippen molar-refractivity contribution < 1.29 is 0 Å². The molecule has 3 rings (SSSR count). The van der Waals surface area contributed by atoms with E-state index in [-0.39, 0.29) is 0 Å². The van der Waals surface area contributed by atoms with Crippen molar-refractivity contribution in [3.63, 3.8) is 0 Å². The summed E-state index contributed by atoms with van der Waals surface area (Å²) >= 11 is 5.83. The Morgan fingerprint density at radius 2 is 1.67 bits per heavy atom. The number of nitrogens with one attached hydrogen (secondary N) is 1. The summed E-state index contributed by atoms with van der Waals surface area (Å²) in [6.45, 7) is 0. The summed E-state index contributed by atoms with van der Waals surface area (Å²) in [7, 11) is 0. The minimum atomic E-state index is 0.312. The smallest absolute Gasteiger partial charge is 0.173 e. The van der Waals surface area contributed by atoms with Gasteiger partial charge in [-0.05, 0) is 24.3 Å². The van der Waals surface area contributed by atoms with E-state index in [1.165, 1.54) is 0 Å². The molecule has 0 bridgehead atoms. The van der Waals surface area contributed by atoms with Gasteiger partial charge < -0.3 is 5.73 Å². The minimum absolute atomic E-state index is 0.312. The van der Waals surface area contributed by atoms with Gasteiger partial charge in [0.2, 0.25) is 0 Å². The molecule has 1 heterocycles. The third-order valence-electron chi connectivity index (χ3n) is 2.92. The third kappa shape index (κ3) is 2.93. The quantitative estimate of drug-likeness (QED) is 0.685. The second kappa shape index (κ2) is 5.76. The van der Waals surface area contributed by atoms with Crippen LogP contribution in [0, 0.1) is 0 Å². The fourth-order valence-electron chi connectivity index (χ4n) is 1.87. The van der Waals surface area contributed by atoms with Gasteiger partial charge >= 0.3 is 0 Å². The van der Waals surface area contributed by atoms with Crippen molar-refractivity contribution in [2.75, 3.05) is 5.73 Å². The predicted molar refractivity (Wildman–Crippen MR) is 84.1 cm³/mol. The zero-order valence-electron chi connectivity index (χ0n) is 11.0. The highest BCUT2D eigenvalue weighted by Gasteiger charge is 2.11. The number of halogens is 1. The van der Waals surface area contributed by atoms with Gasteiger partial charge in [0.15, 0.2) is 11.5 Å². The molecule has 0 saturated carbocycles. The van der Waals surface area contributed by atoms with Crippen LogP contribution in [-0.4, -0.2) is 10.2 Å². The molecule has 0 saturated heterocycles. The zero-order chi connectivity index (χ0) is 14.7. The average Bonchev–Trinajstić information content (AvgIpc) is 2.89. The lowest BCUT2D eigenvalue weighted by atomic mass is 10.1. The standard InChI is InChI=1S/C15H12ClN5/c16-11-6-8-12(9-7-11)18-20-14-13(19-21-15(14)17)10-4-2-1-3-5-10/h1-9H,(H3,17,19,21). The van der Waals surface area contributed by atoms with Crippen LogP contribution in [0.5, 0.6) is 0 Å². The average molecular weight is 298 g/mol. The third-order valence-corrected chi connectivity index (χ3v) is 3.17. The molecule has 104 valence electrons. The molecule has 0 aliphatic rings. The van der Waals surface area contributed by atoms with E-state index >= 15 is 0 Å². The van der Waals surface area contributed by atoms with Crippen LogP contribution < -0.4 is 5.73 Å². The first-order valence-electron chi connectivity index (χ1n) is 6.30. The first-order chi connectivity index (χ1) is 10.2. The Labute approximate surface area is 126 Å². The lowest BCUT2D eigenvalue weighted by Crippen LogP contribution is -1.83. The molecule has 0 atom stereocenters. The molecule has 0 aliphatic heterocycles. The highest BCUT2D eigenvalue weighted by atomic mass is 35.5. The van der Waals surface area contributed by atoms with Gasteiger partial charge in [-0.25, -0.2) is 0 Å². The molecule has 1 aromatic heterocycles. The first-order valence-corrected chi connectivity index (χ1v) is 6.68. The van der Waals surface area contributed by atoms with Crippen LogP contribution in [0.15, 0.2) is 64.8 Å². The predicted octanol–water partition coefficient (Wildman–Crippen LogP) is 4.73. The summed E-state index contributed by atoms with van der Waals surface area (Å²) in [5, 5.41) is 15.9. The zero-order valence-corrected chi connectivity index (χ0v) is 11.7. The van der Waals surface area contributed by atoms with E-state index in [0.717, 1.165) is 11.3 Å². The van der Waals surface area contributed by atoms with Crippen molar-refractivity contribution >= 4 is 28.8 Å². The van der Waals surface area contributed by atoms with Gasteiger partial charge in [0.25, 0.3) is 0 Å². The number of rotatable bonds is 3. The normalized spacial score (nSPS) is 11.1. The molecule has 0 spiro atoms. The number of hydrogen-bond donors (Lipinski definition) is 2. The van der Waals surface area contributed by atoms with Crippen LogP contribution in [-0.2, 0) is 0 Å². The molecule has 3 N–H and O–H groups in total. The number of azo groups is 1. The summed E-state index contributed by atoms with van der Waals surface area (Å²) in [6.07, 6.45) is 0. The SMILES string of the molecule is Nc1n[nH]c(-c2ccccc2)c1N=Nc1ccc(Cl)cc1. The van der Waals surface area contributed by atoms with E-state index in [0.29, 0.717) is 22.2 Å². The van der Waals surface area contributed by atoms with Gasteiger partial charge in [0, 0.05) is 10.6 Å². The molecule has 0 aliphatic carbocycles. The summed E-state index contributed by atoms with van der Waals surface area (Å²) < 4.78 is 0. The number of nitrogens with two attached hydrogens (primary N) is 1. The number of benzene rings is 2. The van der Waals surface area contributed by atoms with Crippen LogP contribution in [0.25, 0.3) is 11.3 Å². The van der Waals surface area contributed by atoms with E-state index in [2.05, 4.69) is 20.4 Å². The number of H-pyrrole nitrogens is 1. The maximum Gasteiger partial charge on any atom is 0.173 e. The van der Waals surface area contributed by atoms with E-state index in [4.69, 9.17) is 17.3 Å². The maximum atomic E-state index is 5.85. The molecular weight excluding hydrogens is 286 g/mol. The number of anilines is 1. The van der Waals surface area contributed by atoms with Gasteiger partial charge in [-0.15, -0.1) is 5.11 Å². The second-order valence-corrected chi connectivity index (χ2v) is 4.81. The number of aromatic amines is 1. The largest absolute Gasteiger partial charge is 0.380 e. The summed E-state index contributed by atoms with van der Waals surface area (Å²) in [6, 6.07) is 16.8. The highest BCUT2D eigenvalue weighted by molar-refractivity contribution is 6.30. The number of nitrogens with zero attached hydrogens (tertiary/aromatic N) is 3. The second-order valence-electron chi connectivity index (χ2n) is 4.37. The topological polar surface area (TPSA) is 79.4 Å². The Balaban J connectivity index is 1.96. The molecule has 0 amide bonds. The summed E-state index contributed by atoms with van der Waals surface area (Å²) in [5.41, 5.74) is 8.76. The molecule has 2 aromatic carbocycles. The molecule has 0 radical (unpaired) electrons. The van der Waals surface area contributed by atoms with E-state index in [9.17, 15) is 0 Å². The molecule has 5 nitrogen and oxygen atoms in total. The van der Waals surface area contributed by atoms with Crippen molar-refractivity contribution in [3.8, 4) is 11.3 Å². The Kier molecular flexibility index (Phi) is 3.66. The lowest BCUT2D eigenvalue weighted by molar-refractivity contribution is 1.10. The Hall–Kier alpha value is -2.66. The highest BCUT2D eigenvalue weighted by Crippen LogP contribution is 2.34. The fourth-order valence-corrected chi connectivity index (χ4v) is 2.00. The number of nitrogen functional groups attached to an aromatic ring is 1.